The number of guanidine groups is 1. The van der Waals surface area contributed by atoms with Crippen molar-refractivity contribution in [3.8, 4) is 5.75 Å². The van der Waals surface area contributed by atoms with Crippen LogP contribution in [0.5, 0.6) is 5.75 Å². The Morgan fingerprint density at radius 3 is 2.56 bits per heavy atom. The Hall–Kier alpha value is -1.75. The molecule has 0 aliphatic heterocycles. The Kier molecular flexibility index (Phi) is 9.64. The van der Waals surface area contributed by atoms with Crippen LogP contribution in [0.25, 0.3) is 0 Å². The van der Waals surface area contributed by atoms with E-state index in [2.05, 4.69) is 25.3 Å². The summed E-state index contributed by atoms with van der Waals surface area (Å²) in [5, 5.41) is 6.41. The second-order valence-electron chi connectivity index (χ2n) is 5.19. The summed E-state index contributed by atoms with van der Waals surface area (Å²) in [7, 11) is 0. The van der Waals surface area contributed by atoms with E-state index in [1.165, 1.54) is 12.1 Å². The number of hydrogen-bond donors (Lipinski definition) is 2. The summed E-state index contributed by atoms with van der Waals surface area (Å²) in [5.74, 6) is 0.217. The predicted octanol–water partition coefficient (Wildman–Crippen LogP) is 4.51. The molecule has 2 rings (SSSR count). The Balaban J connectivity index is 0.00000364. The van der Waals surface area contributed by atoms with E-state index in [4.69, 9.17) is 11.6 Å². The number of nitrogens with one attached hydrogen (secondary N) is 2. The smallest absolute Gasteiger partial charge is 0.405 e. The Morgan fingerprint density at radius 1 is 1.19 bits per heavy atom. The molecule has 0 spiro atoms. The van der Waals surface area contributed by atoms with Gasteiger partial charge in [0.2, 0.25) is 0 Å². The van der Waals surface area contributed by atoms with Gasteiger partial charge in [-0.1, -0.05) is 35.9 Å². The third-order valence-corrected chi connectivity index (χ3v) is 3.42. The fraction of sp³-hybridized carbons (Fsp3) is 0.294. The maximum absolute atomic E-state index is 12.5. The van der Waals surface area contributed by atoms with Gasteiger partial charge in [0.1, 0.15) is 10.9 Å². The van der Waals surface area contributed by atoms with E-state index < -0.39 is 6.36 Å². The number of nitrogens with zero attached hydrogens (tertiary/aromatic N) is 2. The average Bonchev–Trinajstić information content (AvgIpc) is 2.58. The molecule has 0 fully saturated rings. The van der Waals surface area contributed by atoms with Crippen LogP contribution < -0.4 is 15.4 Å². The molecule has 27 heavy (non-hydrogen) atoms. The van der Waals surface area contributed by atoms with Crippen molar-refractivity contribution in [2.45, 2.75) is 26.4 Å². The van der Waals surface area contributed by atoms with Crippen LogP contribution in [0.15, 0.2) is 47.6 Å². The molecule has 0 amide bonds. The second-order valence-corrected chi connectivity index (χ2v) is 5.58. The van der Waals surface area contributed by atoms with Gasteiger partial charge in [-0.25, -0.2) is 9.98 Å². The minimum Gasteiger partial charge on any atom is -0.405 e. The first kappa shape index (κ1) is 23.3. The number of aliphatic imine (C=N–C) groups is 1. The Labute approximate surface area is 177 Å². The average molecular weight is 515 g/mol. The van der Waals surface area contributed by atoms with Crippen molar-refractivity contribution in [1.82, 2.24) is 15.6 Å². The van der Waals surface area contributed by atoms with Gasteiger partial charge in [-0.05, 0) is 24.6 Å². The number of hydrogen-bond acceptors (Lipinski definition) is 3. The number of ether oxygens (including phenoxy) is 1. The fourth-order valence-corrected chi connectivity index (χ4v) is 2.18. The molecule has 0 radical (unpaired) electrons. The van der Waals surface area contributed by atoms with Crippen molar-refractivity contribution in [2.75, 3.05) is 6.54 Å². The molecule has 0 bridgehead atoms. The highest BCUT2D eigenvalue weighted by Gasteiger charge is 2.31. The van der Waals surface area contributed by atoms with Crippen LogP contribution >= 0.6 is 35.6 Å². The zero-order valence-corrected chi connectivity index (χ0v) is 17.5. The molecule has 5 nitrogen and oxygen atoms in total. The summed E-state index contributed by atoms with van der Waals surface area (Å²) in [6.45, 7) is 2.96. The summed E-state index contributed by atoms with van der Waals surface area (Å²) in [5.41, 5.74) is 1.22. The number of rotatable bonds is 6. The molecule has 1 aromatic carbocycles. The van der Waals surface area contributed by atoms with Crippen LogP contribution in [-0.2, 0) is 13.1 Å². The third kappa shape index (κ3) is 8.65. The van der Waals surface area contributed by atoms with Crippen molar-refractivity contribution < 1.29 is 17.9 Å². The molecule has 2 aromatic rings. The summed E-state index contributed by atoms with van der Waals surface area (Å²) in [4.78, 5) is 8.36. The lowest BCUT2D eigenvalue weighted by Crippen LogP contribution is -2.37. The van der Waals surface area contributed by atoms with Crippen LogP contribution in [0, 0.1) is 0 Å². The van der Waals surface area contributed by atoms with Gasteiger partial charge in [0, 0.05) is 24.8 Å². The zero-order valence-electron chi connectivity index (χ0n) is 14.4. The van der Waals surface area contributed by atoms with Crippen molar-refractivity contribution in [3.63, 3.8) is 0 Å². The third-order valence-electron chi connectivity index (χ3n) is 3.20. The van der Waals surface area contributed by atoms with Crippen LogP contribution in [0.4, 0.5) is 13.2 Å². The zero-order chi connectivity index (χ0) is 19.0. The molecule has 148 valence electrons. The maximum atomic E-state index is 12.5. The molecule has 0 atom stereocenters. The molecule has 2 N–H and O–H groups in total. The normalized spacial score (nSPS) is 11.5. The summed E-state index contributed by atoms with van der Waals surface area (Å²) >= 11 is 5.74. The van der Waals surface area contributed by atoms with Crippen LogP contribution in [0.3, 0.4) is 0 Å². The van der Waals surface area contributed by atoms with E-state index in [0.29, 0.717) is 29.8 Å². The van der Waals surface area contributed by atoms with E-state index in [-0.39, 0.29) is 36.3 Å². The van der Waals surface area contributed by atoms with Gasteiger partial charge in [-0.2, -0.15) is 0 Å². The summed E-state index contributed by atoms with van der Waals surface area (Å²) in [6.07, 6.45) is -3.13. The van der Waals surface area contributed by atoms with Gasteiger partial charge in [-0.15, -0.1) is 37.1 Å². The quantitative estimate of drug-likeness (QED) is 0.258. The van der Waals surface area contributed by atoms with E-state index >= 15 is 0 Å². The topological polar surface area (TPSA) is 58.5 Å². The first-order chi connectivity index (χ1) is 12.4. The number of alkyl halides is 3. The molecule has 0 saturated heterocycles. The minimum absolute atomic E-state index is 0. The van der Waals surface area contributed by atoms with Crippen molar-refractivity contribution in [2.24, 2.45) is 4.99 Å². The summed E-state index contributed by atoms with van der Waals surface area (Å²) < 4.78 is 41.5. The highest BCUT2D eigenvalue weighted by atomic mass is 127. The highest BCUT2D eigenvalue weighted by molar-refractivity contribution is 14.0. The van der Waals surface area contributed by atoms with E-state index in [1.54, 1.807) is 30.5 Å². The maximum Gasteiger partial charge on any atom is 0.573 e. The van der Waals surface area contributed by atoms with E-state index in [1.807, 2.05) is 6.92 Å². The molecule has 10 heteroatoms. The van der Waals surface area contributed by atoms with Crippen LogP contribution in [0.2, 0.25) is 5.15 Å². The number of aromatic nitrogens is 1. The predicted molar refractivity (Wildman–Crippen MR) is 109 cm³/mol. The van der Waals surface area contributed by atoms with Crippen molar-refractivity contribution in [3.05, 3.63) is 58.9 Å². The van der Waals surface area contributed by atoms with Crippen molar-refractivity contribution in [1.29, 1.82) is 0 Å². The standard InChI is InChI=1S/C17H18ClF3N4O.HI/c1-2-22-16(24-10-12-7-8-15(18)23-9-12)25-11-13-5-3-4-6-14(13)26-17(19,20)21;/h3-9H,2,10-11H2,1H3,(H2,22,24,25);1H. The first-order valence-corrected chi connectivity index (χ1v) is 8.21. The molecule has 1 heterocycles. The largest absolute Gasteiger partial charge is 0.573 e. The lowest BCUT2D eigenvalue weighted by Gasteiger charge is -2.15. The second kappa shape index (κ2) is 11.2. The molecule has 0 saturated carbocycles. The highest BCUT2D eigenvalue weighted by Crippen LogP contribution is 2.26. The van der Waals surface area contributed by atoms with Gasteiger partial charge in [0.25, 0.3) is 0 Å². The van der Waals surface area contributed by atoms with Gasteiger partial charge < -0.3 is 15.4 Å². The minimum atomic E-state index is -4.74. The lowest BCUT2D eigenvalue weighted by atomic mass is 10.2. The number of halogens is 5. The fourth-order valence-electron chi connectivity index (χ4n) is 2.07. The summed E-state index contributed by atoms with van der Waals surface area (Å²) in [6, 6.07) is 9.42. The molecular formula is C17H19ClF3IN4O. The lowest BCUT2D eigenvalue weighted by molar-refractivity contribution is -0.274. The van der Waals surface area contributed by atoms with Crippen molar-refractivity contribution >= 4 is 41.5 Å². The van der Waals surface area contributed by atoms with E-state index in [9.17, 15) is 13.2 Å². The van der Waals surface area contributed by atoms with Crippen LogP contribution in [-0.4, -0.2) is 23.9 Å². The van der Waals surface area contributed by atoms with Gasteiger partial charge in [-0.3, -0.25) is 0 Å². The van der Waals surface area contributed by atoms with Crippen LogP contribution in [0.1, 0.15) is 18.1 Å². The van der Waals surface area contributed by atoms with Gasteiger partial charge >= 0.3 is 6.36 Å². The monoisotopic (exact) mass is 514 g/mol. The van der Waals surface area contributed by atoms with Gasteiger partial charge in [0.05, 0.1) is 6.54 Å². The first-order valence-electron chi connectivity index (χ1n) is 7.83. The van der Waals surface area contributed by atoms with Gasteiger partial charge in [0.15, 0.2) is 5.96 Å². The molecule has 0 aliphatic rings. The number of pyridine rings is 1. The molecular weight excluding hydrogens is 496 g/mol. The molecule has 1 aromatic heterocycles. The number of benzene rings is 1. The molecule has 0 aliphatic carbocycles. The molecule has 0 unspecified atom stereocenters. The Bertz CT molecular complexity index is 742. The number of para-hydroxylation sites is 1. The Morgan fingerprint density at radius 2 is 1.93 bits per heavy atom. The SMILES string of the molecule is CCNC(=NCc1ccc(Cl)nc1)NCc1ccccc1OC(F)(F)F.I. The van der Waals surface area contributed by atoms with E-state index in [0.717, 1.165) is 5.56 Å².